The first-order valence-electron chi connectivity index (χ1n) is 11.6. The number of hydrogen-bond donors (Lipinski definition) is 0. The van der Waals surface area contributed by atoms with Crippen LogP contribution in [0.5, 0.6) is 5.88 Å². The first-order chi connectivity index (χ1) is 17.0. The molecular formula is C26H27N3O6S. The molecule has 0 amide bonds. The van der Waals surface area contributed by atoms with Crippen LogP contribution in [0, 0.1) is 0 Å². The predicted molar refractivity (Wildman–Crippen MR) is 135 cm³/mol. The molecule has 4 aromatic rings. The third-order valence-corrected chi connectivity index (χ3v) is 6.49. The van der Waals surface area contributed by atoms with Gasteiger partial charge in [-0.1, -0.05) is 12.1 Å². The highest BCUT2D eigenvalue weighted by Gasteiger charge is 2.34. The molecule has 3 aromatic heterocycles. The number of pyridine rings is 2. The molecule has 9 nitrogen and oxygen atoms in total. The molecule has 0 atom stereocenters. The lowest BCUT2D eigenvalue weighted by Gasteiger charge is -2.33. The number of fused-ring (bicyclic) bond motifs is 3. The molecule has 0 saturated heterocycles. The Morgan fingerprint density at radius 3 is 2.39 bits per heavy atom. The Bertz CT molecular complexity index is 1550. The van der Waals surface area contributed by atoms with E-state index in [1.807, 2.05) is 45.0 Å². The van der Waals surface area contributed by atoms with E-state index in [-0.39, 0.29) is 12.2 Å². The van der Waals surface area contributed by atoms with Gasteiger partial charge in [0.2, 0.25) is 5.88 Å². The lowest BCUT2D eigenvalue weighted by molar-refractivity contribution is 0.00646. The van der Waals surface area contributed by atoms with E-state index in [4.69, 9.17) is 13.7 Å². The van der Waals surface area contributed by atoms with E-state index < -0.39 is 21.8 Å². The molecular weight excluding hydrogens is 482 g/mol. The summed E-state index contributed by atoms with van der Waals surface area (Å²) < 4.78 is 40.5. The van der Waals surface area contributed by atoms with E-state index in [1.54, 1.807) is 35.3 Å². The molecule has 1 aliphatic carbocycles. The van der Waals surface area contributed by atoms with Crippen LogP contribution >= 0.6 is 0 Å². The minimum absolute atomic E-state index is 0.135. The lowest BCUT2D eigenvalue weighted by Crippen LogP contribution is -2.40. The summed E-state index contributed by atoms with van der Waals surface area (Å²) in [5.41, 5.74) is 2.55. The molecule has 0 aliphatic heterocycles. The molecule has 5 rings (SSSR count). The van der Waals surface area contributed by atoms with Crippen molar-refractivity contribution < 1.29 is 26.9 Å². The van der Waals surface area contributed by atoms with Gasteiger partial charge in [-0.25, -0.2) is 14.3 Å². The standard InChI is InChI=1S/C26H27N3O6S/c1-26(2,3)34-25(30)29-22-9-10-27-15-21(22)20-7-5-16(11-23(20)29)17-6-8-24(28-14-17)33-18-12-19(13-18)35-36(4,31)32/h5-11,14-15,18-19H,12-13H2,1-4H3. The molecule has 1 saturated carbocycles. The number of hydrogen-bond acceptors (Lipinski definition) is 8. The van der Waals surface area contributed by atoms with Gasteiger partial charge in [0, 0.05) is 53.8 Å². The van der Waals surface area contributed by atoms with Crippen LogP contribution in [0.4, 0.5) is 4.79 Å². The maximum Gasteiger partial charge on any atom is 0.419 e. The van der Waals surface area contributed by atoms with E-state index >= 15 is 0 Å². The number of carbonyl (C=O) groups is 1. The van der Waals surface area contributed by atoms with Crippen LogP contribution in [0.25, 0.3) is 32.9 Å². The maximum absolute atomic E-state index is 13.1. The summed E-state index contributed by atoms with van der Waals surface area (Å²) in [6.45, 7) is 5.51. The minimum atomic E-state index is -3.46. The third kappa shape index (κ3) is 5.05. The van der Waals surface area contributed by atoms with Gasteiger partial charge in [0.15, 0.2) is 0 Å². The van der Waals surface area contributed by atoms with Crippen molar-refractivity contribution in [1.82, 2.24) is 14.5 Å². The highest BCUT2D eigenvalue weighted by Crippen LogP contribution is 2.33. The Balaban J connectivity index is 1.40. The molecule has 0 spiro atoms. The van der Waals surface area contributed by atoms with Crippen molar-refractivity contribution in [3.63, 3.8) is 0 Å². The van der Waals surface area contributed by atoms with Crippen molar-refractivity contribution >= 4 is 38.0 Å². The van der Waals surface area contributed by atoms with Gasteiger partial charge < -0.3 is 9.47 Å². The number of carbonyl (C=O) groups excluding carboxylic acids is 1. The molecule has 3 heterocycles. The number of rotatable bonds is 5. The van der Waals surface area contributed by atoms with Gasteiger partial charge in [-0.3, -0.25) is 9.17 Å². The fourth-order valence-corrected chi connectivity index (χ4v) is 4.93. The average molecular weight is 510 g/mol. The Kier molecular flexibility index (Phi) is 5.96. The first kappa shape index (κ1) is 24.2. The summed E-state index contributed by atoms with van der Waals surface area (Å²) in [7, 11) is -3.46. The monoisotopic (exact) mass is 509 g/mol. The Morgan fingerprint density at radius 2 is 1.72 bits per heavy atom. The van der Waals surface area contributed by atoms with Crippen LogP contribution in [0.15, 0.2) is 55.0 Å². The summed E-state index contributed by atoms with van der Waals surface area (Å²) in [5, 5.41) is 1.77. The number of ether oxygens (including phenoxy) is 2. The van der Waals surface area contributed by atoms with Crippen molar-refractivity contribution in [1.29, 1.82) is 0 Å². The van der Waals surface area contributed by atoms with E-state index in [0.29, 0.717) is 18.7 Å². The van der Waals surface area contributed by atoms with Crippen LogP contribution in [-0.2, 0) is 19.0 Å². The number of benzene rings is 1. The van der Waals surface area contributed by atoms with Crippen LogP contribution in [0.3, 0.4) is 0 Å². The molecule has 36 heavy (non-hydrogen) atoms. The second-order valence-corrected chi connectivity index (χ2v) is 11.6. The predicted octanol–water partition coefficient (Wildman–Crippen LogP) is 4.92. The number of aromatic nitrogens is 3. The van der Waals surface area contributed by atoms with Crippen molar-refractivity contribution in [2.24, 2.45) is 0 Å². The zero-order valence-electron chi connectivity index (χ0n) is 20.5. The SMILES string of the molecule is CC(C)(C)OC(=O)n1c2ccncc2c2ccc(-c3ccc(OC4CC(OS(C)(=O)=O)C4)nc3)cc21. The lowest BCUT2D eigenvalue weighted by atomic mass is 9.92. The largest absolute Gasteiger partial charge is 0.474 e. The van der Waals surface area contributed by atoms with Crippen molar-refractivity contribution in [2.75, 3.05) is 6.26 Å². The first-order valence-corrected chi connectivity index (χ1v) is 13.4. The van der Waals surface area contributed by atoms with Crippen molar-refractivity contribution in [3.8, 4) is 17.0 Å². The van der Waals surface area contributed by atoms with Crippen LogP contribution in [-0.4, -0.2) is 53.1 Å². The fourth-order valence-electron chi connectivity index (χ4n) is 4.28. The van der Waals surface area contributed by atoms with Crippen molar-refractivity contribution in [3.05, 3.63) is 55.0 Å². The normalized spacial score (nSPS) is 18.2. The molecule has 0 N–H and O–H groups in total. The van der Waals surface area contributed by atoms with Gasteiger partial charge in [0.25, 0.3) is 10.1 Å². The Hall–Kier alpha value is -3.50. The molecule has 1 fully saturated rings. The highest BCUT2D eigenvalue weighted by molar-refractivity contribution is 7.86. The van der Waals surface area contributed by atoms with Gasteiger partial charge in [0.1, 0.15) is 11.7 Å². The van der Waals surface area contributed by atoms with Gasteiger partial charge in [-0.05, 0) is 44.5 Å². The fraction of sp³-hybridized carbons (Fsp3) is 0.346. The molecule has 1 aliphatic rings. The quantitative estimate of drug-likeness (QED) is 0.349. The van der Waals surface area contributed by atoms with E-state index in [2.05, 4.69) is 9.97 Å². The summed E-state index contributed by atoms with van der Waals surface area (Å²) in [5.74, 6) is 0.455. The van der Waals surface area contributed by atoms with Crippen molar-refractivity contribution in [2.45, 2.75) is 51.4 Å². The van der Waals surface area contributed by atoms with E-state index in [1.165, 1.54) is 0 Å². The Morgan fingerprint density at radius 1 is 0.972 bits per heavy atom. The van der Waals surface area contributed by atoms with Crippen LogP contribution in [0.2, 0.25) is 0 Å². The van der Waals surface area contributed by atoms with Crippen LogP contribution in [0.1, 0.15) is 33.6 Å². The van der Waals surface area contributed by atoms with E-state index in [0.717, 1.165) is 39.2 Å². The molecule has 1 aromatic carbocycles. The van der Waals surface area contributed by atoms with Gasteiger partial charge >= 0.3 is 6.09 Å². The second-order valence-electron chi connectivity index (χ2n) is 9.96. The highest BCUT2D eigenvalue weighted by atomic mass is 32.2. The summed E-state index contributed by atoms with van der Waals surface area (Å²) >= 11 is 0. The topological polar surface area (TPSA) is 110 Å². The third-order valence-electron chi connectivity index (χ3n) is 5.86. The zero-order chi connectivity index (χ0) is 25.7. The number of nitrogens with zero attached hydrogens (tertiary/aromatic N) is 3. The maximum atomic E-state index is 13.1. The molecule has 10 heteroatoms. The van der Waals surface area contributed by atoms with Gasteiger partial charge in [-0.15, -0.1) is 0 Å². The van der Waals surface area contributed by atoms with Crippen LogP contribution < -0.4 is 4.74 Å². The molecule has 0 bridgehead atoms. The molecule has 0 unspecified atom stereocenters. The smallest absolute Gasteiger partial charge is 0.419 e. The molecule has 0 radical (unpaired) electrons. The second kappa shape index (κ2) is 8.86. The molecule has 188 valence electrons. The average Bonchev–Trinajstić information content (AvgIpc) is 3.10. The van der Waals surface area contributed by atoms with Gasteiger partial charge in [0.05, 0.1) is 23.4 Å². The summed E-state index contributed by atoms with van der Waals surface area (Å²) in [6.07, 6.45) is 6.22. The zero-order valence-corrected chi connectivity index (χ0v) is 21.3. The van der Waals surface area contributed by atoms with E-state index in [9.17, 15) is 13.2 Å². The summed E-state index contributed by atoms with van der Waals surface area (Å²) in [4.78, 5) is 21.8. The van der Waals surface area contributed by atoms with Gasteiger partial charge in [-0.2, -0.15) is 8.42 Å². The Labute approximate surface area is 209 Å². The minimum Gasteiger partial charge on any atom is -0.474 e. The summed E-state index contributed by atoms with van der Waals surface area (Å²) in [6, 6.07) is 11.4.